The Morgan fingerprint density at radius 3 is 2.71 bits per heavy atom. The van der Waals surface area contributed by atoms with Crippen LogP contribution in [0.1, 0.15) is 19.4 Å². The van der Waals surface area contributed by atoms with Crippen LogP contribution in [-0.4, -0.2) is 18.0 Å². The molecule has 0 bridgehead atoms. The van der Waals surface area contributed by atoms with Gasteiger partial charge in [-0.2, -0.15) is 0 Å². The van der Waals surface area contributed by atoms with Crippen molar-refractivity contribution in [1.29, 1.82) is 0 Å². The zero-order valence-corrected chi connectivity index (χ0v) is 15.4. The monoisotopic (exact) mass is 386 g/mol. The molecule has 5 heteroatoms. The highest BCUT2D eigenvalue weighted by atomic mass is 79.9. The van der Waals surface area contributed by atoms with Gasteiger partial charge in [0, 0.05) is 27.3 Å². The number of carbonyl (C=O) groups excluding carboxylic acids is 1. The molecule has 124 valence electrons. The minimum absolute atomic E-state index is 0.0654. The van der Waals surface area contributed by atoms with Crippen LogP contribution in [-0.2, 0) is 10.2 Å². The highest BCUT2D eigenvalue weighted by Crippen LogP contribution is 2.33. The number of halogens is 1. The van der Waals surface area contributed by atoms with Gasteiger partial charge in [0.05, 0.1) is 12.5 Å². The maximum absolute atomic E-state index is 12.9. The molecule has 3 rings (SSSR count). The van der Waals surface area contributed by atoms with Gasteiger partial charge in [0.15, 0.2) is 0 Å². The van der Waals surface area contributed by atoms with Crippen molar-refractivity contribution in [3.05, 3.63) is 58.7 Å². The van der Waals surface area contributed by atoms with Gasteiger partial charge < -0.3 is 15.0 Å². The van der Waals surface area contributed by atoms with Crippen LogP contribution in [0, 0.1) is 0 Å². The van der Waals surface area contributed by atoms with E-state index in [0.29, 0.717) is 0 Å². The molecule has 0 aliphatic heterocycles. The number of hydrogen-bond acceptors (Lipinski definition) is 2. The fraction of sp³-hybridized carbons (Fsp3) is 0.211. The van der Waals surface area contributed by atoms with E-state index in [1.807, 2.05) is 62.5 Å². The lowest BCUT2D eigenvalue weighted by molar-refractivity contribution is -0.120. The smallest absolute Gasteiger partial charge is 0.234 e. The molecule has 0 spiro atoms. The molecule has 0 aliphatic carbocycles. The summed E-state index contributed by atoms with van der Waals surface area (Å²) in [6.45, 7) is 3.84. The Hall–Kier alpha value is -2.27. The summed E-state index contributed by atoms with van der Waals surface area (Å²) in [7, 11) is 1.64. The van der Waals surface area contributed by atoms with Gasteiger partial charge in [-0.1, -0.05) is 22.0 Å². The van der Waals surface area contributed by atoms with Crippen molar-refractivity contribution in [2.24, 2.45) is 0 Å². The van der Waals surface area contributed by atoms with Gasteiger partial charge in [0.2, 0.25) is 5.91 Å². The molecule has 0 atom stereocenters. The zero-order valence-electron chi connectivity index (χ0n) is 13.8. The molecule has 2 aromatic carbocycles. The minimum Gasteiger partial charge on any atom is -0.497 e. The van der Waals surface area contributed by atoms with Crippen LogP contribution in [0.2, 0.25) is 0 Å². The van der Waals surface area contributed by atoms with Gasteiger partial charge in [-0.25, -0.2) is 0 Å². The van der Waals surface area contributed by atoms with E-state index in [1.54, 1.807) is 7.11 Å². The average molecular weight is 387 g/mol. The molecule has 3 aromatic rings. The molecule has 1 aromatic heterocycles. The van der Waals surface area contributed by atoms with Crippen molar-refractivity contribution in [2.75, 3.05) is 12.4 Å². The lowest BCUT2D eigenvalue weighted by Gasteiger charge is -2.23. The first kappa shape index (κ1) is 16.6. The summed E-state index contributed by atoms with van der Waals surface area (Å²) in [5, 5.41) is 3.98. The summed E-state index contributed by atoms with van der Waals surface area (Å²) in [5.41, 5.74) is 1.98. The molecule has 4 nitrogen and oxygen atoms in total. The summed E-state index contributed by atoms with van der Waals surface area (Å²) in [6, 6.07) is 13.4. The van der Waals surface area contributed by atoms with Crippen molar-refractivity contribution >= 4 is 38.4 Å². The summed E-state index contributed by atoms with van der Waals surface area (Å²) < 4.78 is 6.23. The SMILES string of the molecule is COc1ccc2[nH]cc(C(C)(C)C(=O)Nc3cccc(Br)c3)c2c1. The lowest BCUT2D eigenvalue weighted by Crippen LogP contribution is -2.34. The molecular formula is C19H19BrN2O2. The third-order valence-electron chi connectivity index (χ3n) is 4.21. The van der Waals surface area contributed by atoms with Crippen LogP contribution < -0.4 is 10.1 Å². The molecular weight excluding hydrogens is 368 g/mol. The second-order valence-electron chi connectivity index (χ2n) is 6.20. The number of nitrogens with one attached hydrogen (secondary N) is 2. The number of fused-ring (bicyclic) bond motifs is 1. The summed E-state index contributed by atoms with van der Waals surface area (Å²) in [6.07, 6.45) is 1.89. The number of hydrogen-bond donors (Lipinski definition) is 2. The molecule has 0 unspecified atom stereocenters. The Labute approximate surface area is 149 Å². The van der Waals surface area contributed by atoms with Crippen molar-refractivity contribution in [1.82, 2.24) is 4.98 Å². The second kappa shape index (κ2) is 6.32. The van der Waals surface area contributed by atoms with Gasteiger partial charge in [0.25, 0.3) is 0 Å². The van der Waals surface area contributed by atoms with Gasteiger partial charge in [-0.15, -0.1) is 0 Å². The predicted octanol–water partition coefficient (Wildman–Crippen LogP) is 4.86. The maximum Gasteiger partial charge on any atom is 0.234 e. The Balaban J connectivity index is 1.96. The summed E-state index contributed by atoms with van der Waals surface area (Å²) in [4.78, 5) is 16.1. The van der Waals surface area contributed by atoms with Crippen LogP contribution in [0.5, 0.6) is 5.75 Å². The Morgan fingerprint density at radius 1 is 1.21 bits per heavy atom. The molecule has 24 heavy (non-hydrogen) atoms. The topological polar surface area (TPSA) is 54.1 Å². The van der Waals surface area contributed by atoms with E-state index in [1.165, 1.54) is 0 Å². The third kappa shape index (κ3) is 3.04. The molecule has 0 radical (unpaired) electrons. The predicted molar refractivity (Wildman–Crippen MR) is 101 cm³/mol. The summed E-state index contributed by atoms with van der Waals surface area (Å²) in [5.74, 6) is 0.705. The number of amides is 1. The van der Waals surface area contributed by atoms with Crippen molar-refractivity contribution in [3.8, 4) is 5.75 Å². The molecule has 2 N–H and O–H groups in total. The Kier molecular flexibility index (Phi) is 4.37. The van der Waals surface area contributed by atoms with E-state index < -0.39 is 5.41 Å². The van der Waals surface area contributed by atoms with E-state index in [9.17, 15) is 4.79 Å². The zero-order chi connectivity index (χ0) is 17.3. The number of carbonyl (C=O) groups is 1. The van der Waals surface area contributed by atoms with E-state index in [0.717, 1.165) is 32.4 Å². The number of H-pyrrole nitrogens is 1. The van der Waals surface area contributed by atoms with Crippen molar-refractivity contribution in [2.45, 2.75) is 19.3 Å². The molecule has 0 saturated heterocycles. The van der Waals surface area contributed by atoms with E-state index >= 15 is 0 Å². The number of methoxy groups -OCH3 is 1. The first-order chi connectivity index (χ1) is 11.4. The van der Waals surface area contributed by atoms with Crippen LogP contribution in [0.15, 0.2) is 53.1 Å². The molecule has 1 amide bonds. The molecule has 1 heterocycles. The van der Waals surface area contributed by atoms with Gasteiger partial charge in [-0.3, -0.25) is 4.79 Å². The molecule has 0 fully saturated rings. The number of aromatic nitrogens is 1. The number of ether oxygens (including phenoxy) is 1. The highest BCUT2D eigenvalue weighted by Gasteiger charge is 2.32. The average Bonchev–Trinajstić information content (AvgIpc) is 2.98. The summed E-state index contributed by atoms with van der Waals surface area (Å²) >= 11 is 3.42. The fourth-order valence-corrected chi connectivity index (χ4v) is 3.12. The fourth-order valence-electron chi connectivity index (χ4n) is 2.72. The second-order valence-corrected chi connectivity index (χ2v) is 7.12. The number of benzene rings is 2. The minimum atomic E-state index is -0.701. The first-order valence-corrected chi connectivity index (χ1v) is 8.44. The first-order valence-electron chi connectivity index (χ1n) is 7.64. The Bertz CT molecular complexity index is 899. The molecule has 0 saturated carbocycles. The lowest BCUT2D eigenvalue weighted by atomic mass is 9.83. The number of rotatable bonds is 4. The van der Waals surface area contributed by atoms with Crippen LogP contribution in [0.3, 0.4) is 0 Å². The van der Waals surface area contributed by atoms with Crippen LogP contribution >= 0.6 is 15.9 Å². The van der Waals surface area contributed by atoms with E-state index in [2.05, 4.69) is 26.2 Å². The van der Waals surface area contributed by atoms with Crippen LogP contribution in [0.4, 0.5) is 5.69 Å². The highest BCUT2D eigenvalue weighted by molar-refractivity contribution is 9.10. The Morgan fingerprint density at radius 2 is 2.00 bits per heavy atom. The van der Waals surface area contributed by atoms with Crippen molar-refractivity contribution < 1.29 is 9.53 Å². The van der Waals surface area contributed by atoms with Crippen LogP contribution in [0.25, 0.3) is 10.9 Å². The van der Waals surface area contributed by atoms with E-state index in [-0.39, 0.29) is 5.91 Å². The maximum atomic E-state index is 12.9. The number of aromatic amines is 1. The standard InChI is InChI=1S/C19H19BrN2O2/c1-19(2,18(23)22-13-6-4-5-12(20)9-13)16-11-21-17-8-7-14(24-3)10-15(16)17/h4-11,21H,1-3H3,(H,22,23). The molecule has 0 aliphatic rings. The normalized spacial score (nSPS) is 11.5. The van der Waals surface area contributed by atoms with Gasteiger partial charge in [0.1, 0.15) is 5.75 Å². The third-order valence-corrected chi connectivity index (χ3v) is 4.71. The largest absolute Gasteiger partial charge is 0.497 e. The van der Waals surface area contributed by atoms with E-state index in [4.69, 9.17) is 4.74 Å². The number of anilines is 1. The van der Waals surface area contributed by atoms with Gasteiger partial charge >= 0.3 is 0 Å². The van der Waals surface area contributed by atoms with Gasteiger partial charge in [-0.05, 0) is 55.8 Å². The quantitative estimate of drug-likeness (QED) is 0.672. The van der Waals surface area contributed by atoms with Crippen molar-refractivity contribution in [3.63, 3.8) is 0 Å².